The van der Waals surface area contributed by atoms with Crippen molar-refractivity contribution in [2.75, 3.05) is 0 Å². The lowest BCUT2D eigenvalue weighted by molar-refractivity contribution is -0.161. The first-order valence-corrected chi connectivity index (χ1v) is 2.68. The van der Waals surface area contributed by atoms with Crippen molar-refractivity contribution in [3.63, 3.8) is 0 Å². The molecule has 0 heterocycles. The normalized spacial score (nSPS) is 17.6. The van der Waals surface area contributed by atoms with E-state index in [0.29, 0.717) is 0 Å². The van der Waals surface area contributed by atoms with Gasteiger partial charge in [0.25, 0.3) is 12.0 Å². The fourth-order valence-corrected chi connectivity index (χ4v) is 0.406. The van der Waals surface area contributed by atoms with Gasteiger partial charge in [0.2, 0.25) is 0 Å². The Balaban J connectivity index is 4.80. The van der Waals surface area contributed by atoms with Crippen molar-refractivity contribution in [3.8, 4) is 12.3 Å². The van der Waals surface area contributed by atoms with Crippen molar-refractivity contribution < 1.29 is 22.7 Å². The first kappa shape index (κ1) is 10.5. The molecule has 0 aliphatic carbocycles. The number of hydrogen-bond donors (Lipinski definition) is 1. The second kappa shape index (κ2) is 2.88. The summed E-state index contributed by atoms with van der Waals surface area (Å²) in [4.78, 5) is 0. The van der Waals surface area contributed by atoms with Crippen LogP contribution in [0.2, 0.25) is 0 Å². The van der Waals surface area contributed by atoms with Crippen molar-refractivity contribution in [1.82, 2.24) is 0 Å². The molecule has 11 heavy (non-hydrogen) atoms. The third kappa shape index (κ3) is 1.76. The molecule has 0 radical (unpaired) electrons. The number of terminal acetylenes is 1. The molecule has 0 aliphatic rings. The minimum absolute atomic E-state index is 0.841. The minimum atomic E-state index is -4.53. The van der Waals surface area contributed by atoms with Crippen LogP contribution in [-0.2, 0) is 0 Å². The summed E-state index contributed by atoms with van der Waals surface area (Å²) in [6.07, 6.45) is 0.458. The van der Waals surface area contributed by atoms with E-state index in [1.165, 1.54) is 0 Å². The van der Waals surface area contributed by atoms with E-state index in [9.17, 15) is 17.6 Å². The zero-order chi connectivity index (χ0) is 9.28. The van der Waals surface area contributed by atoms with Gasteiger partial charge in [0.05, 0.1) is 0 Å². The summed E-state index contributed by atoms with van der Waals surface area (Å²) in [6.45, 7) is 0. The van der Waals surface area contributed by atoms with Crippen LogP contribution >= 0.6 is 11.6 Å². The summed E-state index contributed by atoms with van der Waals surface area (Å²) in [6, 6.07) is 0. The Labute approximate surface area is 65.0 Å². The van der Waals surface area contributed by atoms with Gasteiger partial charge in [0.1, 0.15) is 0 Å². The van der Waals surface area contributed by atoms with Gasteiger partial charge in [-0.15, -0.1) is 6.42 Å². The molecule has 0 aromatic rings. The van der Waals surface area contributed by atoms with Crippen LogP contribution in [0, 0.1) is 12.3 Å². The molecule has 64 valence electrons. The predicted molar refractivity (Wildman–Crippen MR) is 30.6 cm³/mol. The first-order chi connectivity index (χ1) is 4.75. The van der Waals surface area contributed by atoms with Gasteiger partial charge < -0.3 is 5.11 Å². The highest BCUT2D eigenvalue weighted by atomic mass is 35.5. The summed E-state index contributed by atoms with van der Waals surface area (Å²) in [5.74, 6) is 0.841. The van der Waals surface area contributed by atoms with Gasteiger partial charge in [-0.1, -0.05) is 5.92 Å². The summed E-state index contributed by atoms with van der Waals surface area (Å²) < 4.78 is 47.1. The molecule has 0 fully saturated rings. The Bertz CT molecular complexity index is 182. The van der Waals surface area contributed by atoms with Gasteiger partial charge >= 0.3 is 5.38 Å². The van der Waals surface area contributed by atoms with Gasteiger partial charge in [-0.05, 0) is 11.6 Å². The fourth-order valence-electron chi connectivity index (χ4n) is 0.269. The molecule has 0 rings (SSSR count). The topological polar surface area (TPSA) is 20.2 Å². The zero-order valence-electron chi connectivity index (χ0n) is 4.99. The quantitative estimate of drug-likeness (QED) is 0.397. The molecular formula is C5H3ClF4O. The maximum atomic E-state index is 11.9. The number of hydrogen-bond acceptors (Lipinski definition) is 1. The van der Waals surface area contributed by atoms with Crippen LogP contribution in [0.5, 0.6) is 0 Å². The lowest BCUT2D eigenvalue weighted by atomic mass is 10.1. The minimum Gasteiger partial charge on any atom is -0.367 e. The highest BCUT2D eigenvalue weighted by molar-refractivity contribution is 6.22. The van der Waals surface area contributed by atoms with Gasteiger partial charge in [-0.3, -0.25) is 0 Å². The average molecular weight is 191 g/mol. The molecule has 0 aliphatic heterocycles. The van der Waals surface area contributed by atoms with Crippen LogP contribution in [0.1, 0.15) is 0 Å². The van der Waals surface area contributed by atoms with Crippen LogP contribution in [0.15, 0.2) is 0 Å². The Kier molecular flexibility index (Phi) is 2.75. The van der Waals surface area contributed by atoms with Gasteiger partial charge in [0.15, 0.2) is 0 Å². The molecule has 1 nitrogen and oxygen atoms in total. The van der Waals surface area contributed by atoms with Crippen molar-refractivity contribution in [2.45, 2.75) is 17.4 Å². The van der Waals surface area contributed by atoms with E-state index in [1.54, 1.807) is 0 Å². The van der Waals surface area contributed by atoms with E-state index in [1.807, 2.05) is 0 Å². The zero-order valence-corrected chi connectivity index (χ0v) is 5.75. The van der Waals surface area contributed by atoms with Gasteiger partial charge in [-0.25, -0.2) is 8.78 Å². The first-order valence-electron chi connectivity index (χ1n) is 2.30. The van der Waals surface area contributed by atoms with Crippen LogP contribution in [0.25, 0.3) is 0 Å². The van der Waals surface area contributed by atoms with E-state index in [-0.39, 0.29) is 0 Å². The van der Waals surface area contributed by atoms with Gasteiger partial charge in [-0.2, -0.15) is 8.78 Å². The molecule has 0 aromatic carbocycles. The average Bonchev–Trinajstić information content (AvgIpc) is 1.83. The van der Waals surface area contributed by atoms with Crippen LogP contribution in [0.4, 0.5) is 17.6 Å². The molecule has 0 amide bonds. The number of aliphatic hydroxyl groups is 1. The molecule has 0 saturated heterocycles. The second-order valence-corrected chi connectivity index (χ2v) is 2.18. The lowest BCUT2D eigenvalue weighted by Gasteiger charge is -2.24. The summed E-state index contributed by atoms with van der Waals surface area (Å²) in [5, 5.41) is 3.83. The predicted octanol–water partition coefficient (Wildman–Crippen LogP) is 1.45. The third-order valence-electron chi connectivity index (χ3n) is 0.968. The molecule has 0 spiro atoms. The smallest absolute Gasteiger partial charge is 0.366 e. The summed E-state index contributed by atoms with van der Waals surface area (Å²) in [7, 11) is 0. The molecule has 1 atom stereocenters. The van der Waals surface area contributed by atoms with Crippen LogP contribution in [0.3, 0.4) is 0 Å². The van der Waals surface area contributed by atoms with E-state index in [0.717, 1.165) is 5.92 Å². The van der Waals surface area contributed by atoms with Crippen LogP contribution < -0.4 is 0 Å². The molecule has 0 aromatic heterocycles. The second-order valence-electron chi connectivity index (χ2n) is 1.71. The van der Waals surface area contributed by atoms with E-state index >= 15 is 0 Å². The van der Waals surface area contributed by atoms with Crippen molar-refractivity contribution in [2.24, 2.45) is 0 Å². The third-order valence-corrected chi connectivity index (χ3v) is 1.26. The maximum Gasteiger partial charge on any atom is 0.366 e. The molecular weight excluding hydrogens is 187 g/mol. The van der Waals surface area contributed by atoms with Crippen LogP contribution in [-0.4, -0.2) is 22.5 Å². The highest BCUT2D eigenvalue weighted by Gasteiger charge is 2.57. The largest absolute Gasteiger partial charge is 0.367 e. The van der Waals surface area contributed by atoms with Crippen molar-refractivity contribution >= 4 is 11.6 Å². The standard InChI is InChI=1S/C5H3ClF4O/c1-2-4(11,3(7)8)5(6,9)10/h1,3,11H. The summed E-state index contributed by atoms with van der Waals surface area (Å²) in [5.41, 5.74) is -3.89. The SMILES string of the molecule is C#CC(O)(C(F)F)C(F)(F)Cl. The number of alkyl halides is 5. The lowest BCUT2D eigenvalue weighted by Crippen LogP contribution is -2.49. The maximum absolute atomic E-state index is 11.9. The van der Waals surface area contributed by atoms with Crippen molar-refractivity contribution in [3.05, 3.63) is 0 Å². The Morgan fingerprint density at radius 2 is 1.82 bits per heavy atom. The monoisotopic (exact) mass is 190 g/mol. The molecule has 0 bridgehead atoms. The Morgan fingerprint density at radius 3 is 1.82 bits per heavy atom. The van der Waals surface area contributed by atoms with E-state index in [2.05, 4.69) is 18.0 Å². The highest BCUT2D eigenvalue weighted by Crippen LogP contribution is 2.36. The molecule has 1 unspecified atom stereocenters. The fraction of sp³-hybridized carbons (Fsp3) is 0.600. The summed E-state index contributed by atoms with van der Waals surface area (Å²) >= 11 is 4.13. The number of halogens is 5. The number of rotatable bonds is 2. The van der Waals surface area contributed by atoms with E-state index in [4.69, 9.17) is 5.11 Å². The Hall–Kier alpha value is -0.470. The molecule has 1 N–H and O–H groups in total. The van der Waals surface area contributed by atoms with Gasteiger partial charge in [0, 0.05) is 0 Å². The molecule has 6 heteroatoms. The van der Waals surface area contributed by atoms with E-state index < -0.39 is 17.4 Å². The van der Waals surface area contributed by atoms with Crippen molar-refractivity contribution in [1.29, 1.82) is 0 Å². The molecule has 0 saturated carbocycles. The Morgan fingerprint density at radius 1 is 1.45 bits per heavy atom.